The van der Waals surface area contributed by atoms with Crippen LogP contribution in [0.4, 0.5) is 0 Å². The summed E-state index contributed by atoms with van der Waals surface area (Å²) >= 11 is 0. The SMILES string of the molecule is CCC(C)(C)NC(=O)CCc1c[nH]c2nccnc12. The molecule has 0 radical (unpaired) electrons. The van der Waals surface area contributed by atoms with Crippen LogP contribution >= 0.6 is 0 Å². The molecule has 0 aromatic carbocycles. The van der Waals surface area contributed by atoms with Crippen LogP contribution in [-0.2, 0) is 11.2 Å². The first-order chi connectivity index (χ1) is 9.02. The molecule has 2 aromatic heterocycles. The van der Waals surface area contributed by atoms with E-state index in [9.17, 15) is 4.79 Å². The van der Waals surface area contributed by atoms with E-state index in [0.29, 0.717) is 12.8 Å². The van der Waals surface area contributed by atoms with Crippen LogP contribution in [0, 0.1) is 0 Å². The van der Waals surface area contributed by atoms with Crippen molar-refractivity contribution in [2.45, 2.75) is 45.6 Å². The molecule has 2 aromatic rings. The number of amides is 1. The number of hydrogen-bond acceptors (Lipinski definition) is 3. The van der Waals surface area contributed by atoms with Crippen LogP contribution in [0.25, 0.3) is 11.2 Å². The molecule has 102 valence electrons. The highest BCUT2D eigenvalue weighted by Crippen LogP contribution is 2.15. The molecule has 2 heterocycles. The maximum Gasteiger partial charge on any atom is 0.220 e. The molecule has 5 heteroatoms. The van der Waals surface area contributed by atoms with Crippen molar-refractivity contribution >= 4 is 17.1 Å². The number of fused-ring (bicyclic) bond motifs is 1. The van der Waals surface area contributed by atoms with E-state index >= 15 is 0 Å². The molecule has 0 unspecified atom stereocenters. The Morgan fingerprint density at radius 3 is 2.84 bits per heavy atom. The molecule has 2 N–H and O–H groups in total. The summed E-state index contributed by atoms with van der Waals surface area (Å²) in [7, 11) is 0. The molecule has 0 saturated carbocycles. The first-order valence-corrected chi connectivity index (χ1v) is 6.60. The van der Waals surface area contributed by atoms with Crippen LogP contribution in [0.5, 0.6) is 0 Å². The maximum atomic E-state index is 11.9. The average Bonchev–Trinajstić information content (AvgIpc) is 2.79. The lowest BCUT2D eigenvalue weighted by Gasteiger charge is -2.24. The van der Waals surface area contributed by atoms with Crippen molar-refractivity contribution in [2.24, 2.45) is 0 Å². The monoisotopic (exact) mass is 260 g/mol. The molecule has 0 saturated heterocycles. The summed E-state index contributed by atoms with van der Waals surface area (Å²) in [6, 6.07) is 0. The largest absolute Gasteiger partial charge is 0.351 e. The Labute approximate surface area is 112 Å². The molecule has 0 aliphatic carbocycles. The highest BCUT2D eigenvalue weighted by Gasteiger charge is 2.17. The molecule has 0 spiro atoms. The quantitative estimate of drug-likeness (QED) is 0.865. The lowest BCUT2D eigenvalue weighted by atomic mass is 10.0. The molecule has 1 amide bonds. The Morgan fingerprint density at radius 2 is 2.11 bits per heavy atom. The minimum Gasteiger partial charge on any atom is -0.351 e. The van der Waals surface area contributed by atoms with E-state index in [2.05, 4.69) is 27.2 Å². The van der Waals surface area contributed by atoms with E-state index in [-0.39, 0.29) is 11.4 Å². The van der Waals surface area contributed by atoms with E-state index in [1.165, 1.54) is 0 Å². The zero-order valence-corrected chi connectivity index (χ0v) is 11.7. The van der Waals surface area contributed by atoms with E-state index in [4.69, 9.17) is 0 Å². The summed E-state index contributed by atoms with van der Waals surface area (Å²) in [4.78, 5) is 23.4. The predicted molar refractivity (Wildman–Crippen MR) is 74.7 cm³/mol. The molecule has 0 bridgehead atoms. The van der Waals surface area contributed by atoms with Crippen molar-refractivity contribution in [1.82, 2.24) is 20.3 Å². The van der Waals surface area contributed by atoms with Crippen molar-refractivity contribution < 1.29 is 4.79 Å². The van der Waals surface area contributed by atoms with Gasteiger partial charge in [-0.15, -0.1) is 0 Å². The van der Waals surface area contributed by atoms with Crippen molar-refractivity contribution in [1.29, 1.82) is 0 Å². The lowest BCUT2D eigenvalue weighted by molar-refractivity contribution is -0.122. The van der Waals surface area contributed by atoms with Gasteiger partial charge in [0.2, 0.25) is 5.91 Å². The summed E-state index contributed by atoms with van der Waals surface area (Å²) in [5, 5.41) is 3.03. The summed E-state index contributed by atoms with van der Waals surface area (Å²) in [5.74, 6) is 0.0742. The molecule has 0 fully saturated rings. The molecule has 0 aliphatic heterocycles. The number of carbonyl (C=O) groups is 1. The summed E-state index contributed by atoms with van der Waals surface area (Å²) in [5.41, 5.74) is 2.52. The molecule has 0 atom stereocenters. The van der Waals surface area contributed by atoms with Crippen LogP contribution in [-0.4, -0.2) is 26.4 Å². The van der Waals surface area contributed by atoms with Crippen LogP contribution in [0.3, 0.4) is 0 Å². The van der Waals surface area contributed by atoms with Gasteiger partial charge in [-0.1, -0.05) is 6.92 Å². The number of nitrogens with zero attached hydrogens (tertiary/aromatic N) is 2. The highest BCUT2D eigenvalue weighted by atomic mass is 16.1. The van der Waals surface area contributed by atoms with E-state index in [0.717, 1.165) is 23.1 Å². The first kappa shape index (κ1) is 13.5. The Bertz CT molecular complexity index is 574. The van der Waals surface area contributed by atoms with Crippen LogP contribution < -0.4 is 5.32 Å². The fourth-order valence-electron chi connectivity index (χ4n) is 1.87. The third-order valence-electron chi connectivity index (χ3n) is 3.37. The smallest absolute Gasteiger partial charge is 0.220 e. The molecular weight excluding hydrogens is 240 g/mol. The maximum absolute atomic E-state index is 11.9. The molecule has 19 heavy (non-hydrogen) atoms. The molecular formula is C14H20N4O. The molecule has 5 nitrogen and oxygen atoms in total. The van der Waals surface area contributed by atoms with Crippen molar-refractivity contribution in [3.8, 4) is 0 Å². The number of aromatic amines is 1. The molecule has 2 rings (SSSR count). The predicted octanol–water partition coefficient (Wildman–Crippen LogP) is 2.20. The van der Waals surface area contributed by atoms with Gasteiger partial charge in [-0.25, -0.2) is 4.98 Å². The minimum atomic E-state index is -0.142. The van der Waals surface area contributed by atoms with Crippen molar-refractivity contribution in [3.63, 3.8) is 0 Å². The van der Waals surface area contributed by atoms with Gasteiger partial charge in [0.15, 0.2) is 5.65 Å². The van der Waals surface area contributed by atoms with Crippen LogP contribution in [0.15, 0.2) is 18.6 Å². The van der Waals surface area contributed by atoms with Gasteiger partial charge in [0.05, 0.1) is 0 Å². The third-order valence-corrected chi connectivity index (χ3v) is 3.37. The number of carbonyl (C=O) groups excluding carboxylic acids is 1. The second-order valence-corrected chi connectivity index (χ2v) is 5.35. The van der Waals surface area contributed by atoms with Gasteiger partial charge in [0.25, 0.3) is 0 Å². The standard InChI is InChI=1S/C14H20N4O/c1-4-14(2,3)18-11(19)6-5-10-9-17-13-12(10)15-7-8-16-13/h7-9H,4-6H2,1-3H3,(H,16,17)(H,18,19). The van der Waals surface area contributed by atoms with E-state index in [1.54, 1.807) is 12.4 Å². The Hall–Kier alpha value is -1.91. The summed E-state index contributed by atoms with van der Waals surface area (Å²) in [6.07, 6.45) is 7.25. The fourth-order valence-corrected chi connectivity index (χ4v) is 1.87. The zero-order chi connectivity index (χ0) is 13.9. The van der Waals surface area contributed by atoms with Gasteiger partial charge < -0.3 is 10.3 Å². The minimum absolute atomic E-state index is 0.0742. The van der Waals surface area contributed by atoms with Crippen molar-refractivity contribution in [2.75, 3.05) is 0 Å². The Kier molecular flexibility index (Phi) is 3.83. The number of H-pyrrole nitrogens is 1. The Balaban J connectivity index is 1.97. The van der Waals surface area contributed by atoms with Gasteiger partial charge >= 0.3 is 0 Å². The van der Waals surface area contributed by atoms with Crippen LogP contribution in [0.1, 0.15) is 39.2 Å². The number of aromatic nitrogens is 3. The van der Waals surface area contributed by atoms with Gasteiger partial charge in [-0.05, 0) is 32.3 Å². The van der Waals surface area contributed by atoms with E-state index in [1.807, 2.05) is 20.0 Å². The number of aryl methyl sites for hydroxylation is 1. The third kappa shape index (κ3) is 3.30. The lowest BCUT2D eigenvalue weighted by Crippen LogP contribution is -2.42. The first-order valence-electron chi connectivity index (χ1n) is 6.60. The van der Waals surface area contributed by atoms with Gasteiger partial charge in [-0.2, -0.15) is 0 Å². The average molecular weight is 260 g/mol. The molecule has 0 aliphatic rings. The number of rotatable bonds is 5. The number of hydrogen-bond donors (Lipinski definition) is 2. The van der Waals surface area contributed by atoms with Gasteiger partial charge in [-0.3, -0.25) is 9.78 Å². The van der Waals surface area contributed by atoms with E-state index < -0.39 is 0 Å². The summed E-state index contributed by atoms with van der Waals surface area (Å²) < 4.78 is 0. The normalized spacial score (nSPS) is 11.7. The highest BCUT2D eigenvalue weighted by molar-refractivity contribution is 5.79. The summed E-state index contributed by atoms with van der Waals surface area (Å²) in [6.45, 7) is 6.12. The van der Waals surface area contributed by atoms with Crippen LogP contribution in [0.2, 0.25) is 0 Å². The second kappa shape index (κ2) is 5.38. The zero-order valence-electron chi connectivity index (χ0n) is 11.7. The fraction of sp³-hybridized carbons (Fsp3) is 0.500. The number of nitrogens with one attached hydrogen (secondary N) is 2. The Morgan fingerprint density at radius 1 is 1.37 bits per heavy atom. The second-order valence-electron chi connectivity index (χ2n) is 5.35. The van der Waals surface area contributed by atoms with Crippen molar-refractivity contribution in [3.05, 3.63) is 24.2 Å². The van der Waals surface area contributed by atoms with Gasteiger partial charge in [0.1, 0.15) is 5.52 Å². The topological polar surface area (TPSA) is 70.7 Å². The van der Waals surface area contributed by atoms with Gasteiger partial charge in [0, 0.05) is 30.6 Å².